The largest absolute Gasteiger partial charge is 0.392 e. The van der Waals surface area contributed by atoms with Crippen LogP contribution in [0.4, 0.5) is 5.82 Å². The summed E-state index contributed by atoms with van der Waals surface area (Å²) in [4.78, 5) is 20.7. The Hall–Kier alpha value is -1.21. The molecule has 1 aliphatic heterocycles. The number of carbonyl (C=O) groups excluding carboxylic acids is 1. The molecule has 0 unspecified atom stereocenters. The summed E-state index contributed by atoms with van der Waals surface area (Å²) in [5.74, 6) is 0.442. The summed E-state index contributed by atoms with van der Waals surface area (Å²) in [5, 5.41) is 12.9. The Kier molecular flexibility index (Phi) is 6.77. The lowest BCUT2D eigenvalue weighted by atomic mass is 10.1. The van der Waals surface area contributed by atoms with Gasteiger partial charge in [0.15, 0.2) is 0 Å². The number of aliphatic hydroxyl groups is 1. The van der Waals surface area contributed by atoms with Crippen molar-refractivity contribution in [2.24, 2.45) is 0 Å². The summed E-state index contributed by atoms with van der Waals surface area (Å²) in [7, 11) is 0. The number of aromatic nitrogens is 1. The lowest BCUT2D eigenvalue weighted by Crippen LogP contribution is -2.55. The number of anilines is 1. The number of nitrogens with one attached hydrogen (secondary N) is 1. The van der Waals surface area contributed by atoms with Crippen molar-refractivity contribution in [2.45, 2.75) is 32.4 Å². The molecular weight excluding hydrogens is 316 g/mol. The third kappa shape index (κ3) is 5.73. The highest BCUT2D eigenvalue weighted by atomic mass is 35.5. The fraction of sp³-hybridized carbons (Fsp3) is 0.625. The van der Waals surface area contributed by atoms with Crippen molar-refractivity contribution in [3.8, 4) is 0 Å². The second-order valence-corrected chi connectivity index (χ2v) is 6.49. The average Bonchev–Trinajstić information content (AvgIpc) is 2.50. The molecule has 1 fully saturated rings. The fourth-order valence-corrected chi connectivity index (χ4v) is 3.01. The quantitative estimate of drug-likeness (QED) is 0.820. The minimum Gasteiger partial charge on any atom is -0.392 e. The zero-order valence-corrected chi connectivity index (χ0v) is 14.5. The van der Waals surface area contributed by atoms with Gasteiger partial charge in [-0.3, -0.25) is 14.6 Å². The van der Waals surface area contributed by atoms with Crippen molar-refractivity contribution in [3.63, 3.8) is 0 Å². The van der Waals surface area contributed by atoms with Crippen molar-refractivity contribution in [1.29, 1.82) is 0 Å². The van der Waals surface area contributed by atoms with Gasteiger partial charge >= 0.3 is 0 Å². The van der Waals surface area contributed by atoms with Crippen molar-refractivity contribution < 1.29 is 9.90 Å². The van der Waals surface area contributed by atoms with E-state index in [1.54, 1.807) is 12.1 Å². The number of nitrogens with zero attached hydrogens (tertiary/aromatic N) is 3. The second-order valence-electron chi connectivity index (χ2n) is 6.05. The van der Waals surface area contributed by atoms with Crippen LogP contribution < -0.4 is 5.32 Å². The average molecular weight is 341 g/mol. The Morgan fingerprint density at radius 1 is 1.52 bits per heavy atom. The van der Waals surface area contributed by atoms with Gasteiger partial charge in [0.05, 0.1) is 17.7 Å². The number of carbonyl (C=O) groups is 1. The predicted molar refractivity (Wildman–Crippen MR) is 91.6 cm³/mol. The summed E-state index contributed by atoms with van der Waals surface area (Å²) in [6, 6.07) is 3.77. The van der Waals surface area contributed by atoms with Crippen LogP contribution in [0.1, 0.15) is 20.3 Å². The van der Waals surface area contributed by atoms with Gasteiger partial charge in [-0.1, -0.05) is 18.5 Å². The lowest BCUT2D eigenvalue weighted by Gasteiger charge is -2.41. The number of piperazine rings is 1. The fourth-order valence-electron chi connectivity index (χ4n) is 2.90. The molecule has 2 heterocycles. The maximum Gasteiger partial charge on any atom is 0.239 e. The summed E-state index contributed by atoms with van der Waals surface area (Å²) in [5.41, 5.74) is 0. The van der Waals surface area contributed by atoms with E-state index in [9.17, 15) is 9.90 Å². The molecule has 0 aromatic carbocycles. The van der Waals surface area contributed by atoms with Crippen molar-refractivity contribution >= 4 is 23.3 Å². The standard InChI is InChI=1S/C16H25ClN4O2/c1-3-14-10-20(6-7-21(14)9-12(2)22)11-16(23)19-15-5-4-13(17)8-18-15/h4-5,8,12,14,22H,3,6-7,9-11H2,1-2H3,(H,18,19,23)/t12-,14-/m0/s1. The van der Waals surface area contributed by atoms with Crippen LogP contribution >= 0.6 is 11.6 Å². The third-order valence-electron chi connectivity index (χ3n) is 4.02. The van der Waals surface area contributed by atoms with Gasteiger partial charge in [0, 0.05) is 38.4 Å². The van der Waals surface area contributed by atoms with Gasteiger partial charge in [0.2, 0.25) is 5.91 Å². The molecule has 2 atom stereocenters. The smallest absolute Gasteiger partial charge is 0.239 e. The zero-order valence-electron chi connectivity index (χ0n) is 13.7. The number of amides is 1. The molecule has 1 amide bonds. The number of rotatable bonds is 6. The van der Waals surface area contributed by atoms with Crippen LogP contribution in [0.5, 0.6) is 0 Å². The van der Waals surface area contributed by atoms with Gasteiger partial charge in [-0.15, -0.1) is 0 Å². The SMILES string of the molecule is CC[C@H]1CN(CC(=O)Nc2ccc(Cl)cn2)CCN1C[C@H](C)O. The molecular formula is C16H25ClN4O2. The van der Waals surface area contributed by atoms with E-state index < -0.39 is 0 Å². The van der Waals surface area contributed by atoms with E-state index in [0.717, 1.165) is 26.1 Å². The molecule has 1 aromatic heterocycles. The Balaban J connectivity index is 1.83. The zero-order chi connectivity index (χ0) is 16.8. The first-order chi connectivity index (χ1) is 11.0. The maximum absolute atomic E-state index is 12.1. The van der Waals surface area contributed by atoms with Crippen LogP contribution in [0.25, 0.3) is 0 Å². The first-order valence-electron chi connectivity index (χ1n) is 8.03. The normalized spacial score (nSPS) is 21.1. The van der Waals surface area contributed by atoms with E-state index in [4.69, 9.17) is 11.6 Å². The van der Waals surface area contributed by atoms with Crippen LogP contribution in [0, 0.1) is 0 Å². The van der Waals surface area contributed by atoms with E-state index in [2.05, 4.69) is 27.0 Å². The molecule has 6 nitrogen and oxygen atoms in total. The number of aliphatic hydroxyl groups excluding tert-OH is 1. The molecule has 23 heavy (non-hydrogen) atoms. The Morgan fingerprint density at radius 3 is 2.91 bits per heavy atom. The topological polar surface area (TPSA) is 68.7 Å². The highest BCUT2D eigenvalue weighted by Gasteiger charge is 2.27. The number of β-amino-alcohol motifs (C(OH)–C–C–N with tert-alkyl or cyclic N) is 1. The third-order valence-corrected chi connectivity index (χ3v) is 4.24. The number of hydrogen-bond donors (Lipinski definition) is 2. The van der Waals surface area contributed by atoms with E-state index in [1.807, 2.05) is 6.92 Å². The van der Waals surface area contributed by atoms with Crippen LogP contribution in [-0.2, 0) is 4.79 Å². The van der Waals surface area contributed by atoms with Crippen LogP contribution in [0.3, 0.4) is 0 Å². The monoisotopic (exact) mass is 340 g/mol. The molecule has 1 aliphatic rings. The van der Waals surface area contributed by atoms with Crippen LogP contribution in [0.15, 0.2) is 18.3 Å². The van der Waals surface area contributed by atoms with Gasteiger partial charge in [-0.05, 0) is 25.5 Å². The van der Waals surface area contributed by atoms with E-state index >= 15 is 0 Å². The molecule has 0 radical (unpaired) electrons. The molecule has 0 spiro atoms. The Labute approximate surface area is 142 Å². The summed E-state index contributed by atoms with van der Waals surface area (Å²) >= 11 is 5.78. The van der Waals surface area contributed by atoms with Gasteiger partial charge in [-0.2, -0.15) is 0 Å². The Morgan fingerprint density at radius 2 is 2.30 bits per heavy atom. The maximum atomic E-state index is 12.1. The van der Waals surface area contributed by atoms with E-state index in [1.165, 1.54) is 6.20 Å². The van der Waals surface area contributed by atoms with Crippen molar-refractivity contribution in [2.75, 3.05) is 38.0 Å². The number of hydrogen-bond acceptors (Lipinski definition) is 5. The van der Waals surface area contributed by atoms with Gasteiger partial charge in [0.1, 0.15) is 5.82 Å². The summed E-state index contributed by atoms with van der Waals surface area (Å²) < 4.78 is 0. The molecule has 1 aromatic rings. The summed E-state index contributed by atoms with van der Waals surface area (Å²) in [6.45, 7) is 7.52. The van der Waals surface area contributed by atoms with Crippen LogP contribution in [-0.4, -0.2) is 70.7 Å². The molecule has 1 saturated heterocycles. The van der Waals surface area contributed by atoms with Gasteiger partial charge in [-0.25, -0.2) is 4.98 Å². The molecule has 128 valence electrons. The van der Waals surface area contributed by atoms with Crippen molar-refractivity contribution in [1.82, 2.24) is 14.8 Å². The molecule has 2 rings (SSSR count). The predicted octanol–water partition coefficient (Wildman–Crippen LogP) is 1.45. The number of pyridine rings is 1. The van der Waals surface area contributed by atoms with E-state index in [0.29, 0.717) is 30.0 Å². The van der Waals surface area contributed by atoms with Gasteiger partial charge < -0.3 is 10.4 Å². The molecule has 0 bridgehead atoms. The first kappa shape index (κ1) is 18.1. The lowest BCUT2D eigenvalue weighted by molar-refractivity contribution is -0.118. The van der Waals surface area contributed by atoms with Crippen LogP contribution in [0.2, 0.25) is 5.02 Å². The molecule has 2 N–H and O–H groups in total. The second kappa shape index (κ2) is 8.59. The minimum absolute atomic E-state index is 0.0707. The number of halogens is 1. The van der Waals surface area contributed by atoms with Crippen molar-refractivity contribution in [3.05, 3.63) is 23.4 Å². The minimum atomic E-state index is -0.324. The van der Waals surface area contributed by atoms with E-state index in [-0.39, 0.29) is 12.0 Å². The molecule has 0 saturated carbocycles. The highest BCUT2D eigenvalue weighted by Crippen LogP contribution is 2.14. The molecule has 7 heteroatoms. The van der Waals surface area contributed by atoms with Gasteiger partial charge in [0.25, 0.3) is 0 Å². The first-order valence-corrected chi connectivity index (χ1v) is 8.41. The highest BCUT2D eigenvalue weighted by molar-refractivity contribution is 6.30. The molecule has 0 aliphatic carbocycles. The summed E-state index contributed by atoms with van der Waals surface area (Å²) in [6.07, 6.45) is 2.19. The Bertz CT molecular complexity index is 509.